The molecule has 0 unspecified atom stereocenters. The fourth-order valence-electron chi connectivity index (χ4n) is 0.808. The van der Waals surface area contributed by atoms with Crippen LogP contribution >= 0.6 is 12.6 Å². The van der Waals surface area contributed by atoms with Gasteiger partial charge in [0, 0.05) is 5.75 Å². The van der Waals surface area contributed by atoms with E-state index < -0.39 is 0 Å². The molecule has 0 radical (unpaired) electrons. The largest absolute Gasteiger partial charge is 0.494 e. The summed E-state index contributed by atoms with van der Waals surface area (Å²) in [6.45, 7) is 0. The van der Waals surface area contributed by atoms with Gasteiger partial charge in [0.15, 0.2) is 11.6 Å². The van der Waals surface area contributed by atoms with Gasteiger partial charge in [-0.3, -0.25) is 0 Å². The van der Waals surface area contributed by atoms with E-state index in [1.54, 1.807) is 12.1 Å². The Labute approximate surface area is 70.6 Å². The summed E-state index contributed by atoms with van der Waals surface area (Å²) < 4.78 is 17.6. The van der Waals surface area contributed by atoms with Gasteiger partial charge in [0.1, 0.15) is 0 Å². The summed E-state index contributed by atoms with van der Waals surface area (Å²) >= 11 is 4.01. The van der Waals surface area contributed by atoms with Crippen LogP contribution in [0.25, 0.3) is 0 Å². The van der Waals surface area contributed by atoms with Crippen molar-refractivity contribution < 1.29 is 9.13 Å². The third-order valence-electron chi connectivity index (χ3n) is 1.40. The summed E-state index contributed by atoms with van der Waals surface area (Å²) in [6, 6.07) is 4.81. The molecule has 0 fully saturated rings. The molecule has 0 saturated heterocycles. The van der Waals surface area contributed by atoms with E-state index in [0.29, 0.717) is 5.75 Å². The molecule has 0 amide bonds. The van der Waals surface area contributed by atoms with Crippen molar-refractivity contribution in [2.75, 3.05) is 7.11 Å². The summed E-state index contributed by atoms with van der Waals surface area (Å²) in [5.41, 5.74) is 0.853. The third kappa shape index (κ3) is 1.87. The Kier molecular flexibility index (Phi) is 2.76. The van der Waals surface area contributed by atoms with Crippen LogP contribution in [0.1, 0.15) is 5.56 Å². The second-order valence-electron chi connectivity index (χ2n) is 2.13. The molecule has 1 aromatic rings. The molecule has 3 heteroatoms. The van der Waals surface area contributed by atoms with Crippen LogP contribution in [0.3, 0.4) is 0 Å². The number of hydrogen-bond donors (Lipinski definition) is 1. The van der Waals surface area contributed by atoms with Crippen molar-refractivity contribution in [1.29, 1.82) is 0 Å². The molecule has 0 bridgehead atoms. The fraction of sp³-hybridized carbons (Fsp3) is 0.250. The maximum Gasteiger partial charge on any atom is 0.165 e. The molecule has 0 aromatic heterocycles. The highest BCUT2D eigenvalue weighted by molar-refractivity contribution is 7.79. The average molecular weight is 172 g/mol. The Hall–Kier alpha value is -0.700. The number of halogens is 1. The molecular weight excluding hydrogens is 163 g/mol. The zero-order chi connectivity index (χ0) is 8.27. The number of methoxy groups -OCH3 is 1. The predicted molar refractivity (Wildman–Crippen MR) is 45.6 cm³/mol. The van der Waals surface area contributed by atoms with E-state index in [0.717, 1.165) is 5.56 Å². The molecule has 0 N–H and O–H groups in total. The topological polar surface area (TPSA) is 9.23 Å². The minimum absolute atomic E-state index is 0.274. The Morgan fingerprint density at radius 3 is 2.73 bits per heavy atom. The van der Waals surface area contributed by atoms with Gasteiger partial charge in [-0.05, 0) is 17.7 Å². The first kappa shape index (κ1) is 8.40. The summed E-state index contributed by atoms with van der Waals surface area (Å²) in [6.07, 6.45) is 0. The van der Waals surface area contributed by atoms with Crippen molar-refractivity contribution in [3.63, 3.8) is 0 Å². The summed E-state index contributed by atoms with van der Waals surface area (Å²) in [7, 11) is 1.44. The lowest BCUT2D eigenvalue weighted by Gasteiger charge is -2.01. The van der Waals surface area contributed by atoms with Crippen LogP contribution in [-0.4, -0.2) is 7.11 Å². The molecule has 1 aromatic carbocycles. The Balaban J connectivity index is 2.99. The predicted octanol–water partition coefficient (Wildman–Crippen LogP) is 2.26. The quantitative estimate of drug-likeness (QED) is 0.673. The minimum Gasteiger partial charge on any atom is -0.494 e. The smallest absolute Gasteiger partial charge is 0.165 e. The Bertz CT molecular complexity index is 250. The van der Waals surface area contributed by atoms with Gasteiger partial charge in [0.25, 0.3) is 0 Å². The van der Waals surface area contributed by atoms with E-state index in [-0.39, 0.29) is 11.6 Å². The third-order valence-corrected chi connectivity index (χ3v) is 1.76. The van der Waals surface area contributed by atoms with Crippen molar-refractivity contribution >= 4 is 12.6 Å². The minimum atomic E-state index is -0.334. The molecule has 0 aliphatic carbocycles. The molecule has 0 heterocycles. The van der Waals surface area contributed by atoms with Crippen LogP contribution in [-0.2, 0) is 5.75 Å². The van der Waals surface area contributed by atoms with Gasteiger partial charge in [-0.25, -0.2) is 4.39 Å². The zero-order valence-electron chi connectivity index (χ0n) is 6.17. The van der Waals surface area contributed by atoms with Crippen LogP contribution in [0, 0.1) is 5.82 Å². The van der Waals surface area contributed by atoms with Crippen LogP contribution in [0.15, 0.2) is 18.2 Å². The first-order chi connectivity index (χ1) is 5.27. The lowest BCUT2D eigenvalue weighted by molar-refractivity contribution is 0.386. The number of hydrogen-bond acceptors (Lipinski definition) is 2. The molecular formula is C8H9FOS. The van der Waals surface area contributed by atoms with Crippen molar-refractivity contribution in [2.24, 2.45) is 0 Å². The van der Waals surface area contributed by atoms with E-state index in [1.165, 1.54) is 13.2 Å². The van der Waals surface area contributed by atoms with Gasteiger partial charge >= 0.3 is 0 Å². The van der Waals surface area contributed by atoms with Gasteiger partial charge in [0.2, 0.25) is 0 Å². The lowest BCUT2D eigenvalue weighted by atomic mass is 10.2. The van der Waals surface area contributed by atoms with Gasteiger partial charge < -0.3 is 4.74 Å². The van der Waals surface area contributed by atoms with Gasteiger partial charge in [-0.2, -0.15) is 12.6 Å². The van der Waals surface area contributed by atoms with Crippen molar-refractivity contribution in [1.82, 2.24) is 0 Å². The SMILES string of the molecule is COc1ccc(CS)cc1F. The average Bonchev–Trinajstić information content (AvgIpc) is 2.04. The number of rotatable bonds is 2. The number of ether oxygens (including phenoxy) is 1. The van der Waals surface area contributed by atoms with Crippen molar-refractivity contribution in [3.8, 4) is 5.75 Å². The fourth-order valence-corrected chi connectivity index (χ4v) is 1.00. The standard InChI is InChI=1S/C8H9FOS/c1-10-8-3-2-6(5-11)4-7(8)9/h2-4,11H,5H2,1H3. The van der Waals surface area contributed by atoms with E-state index in [9.17, 15) is 4.39 Å². The van der Waals surface area contributed by atoms with Crippen molar-refractivity contribution in [2.45, 2.75) is 5.75 Å². The second-order valence-corrected chi connectivity index (χ2v) is 2.44. The van der Waals surface area contributed by atoms with Crippen LogP contribution in [0.2, 0.25) is 0 Å². The van der Waals surface area contributed by atoms with Crippen molar-refractivity contribution in [3.05, 3.63) is 29.6 Å². The molecule has 1 nitrogen and oxygen atoms in total. The van der Waals surface area contributed by atoms with Crippen LogP contribution in [0.4, 0.5) is 4.39 Å². The number of benzene rings is 1. The molecule has 0 atom stereocenters. The Morgan fingerprint density at radius 2 is 2.27 bits per heavy atom. The first-order valence-corrected chi connectivity index (χ1v) is 3.84. The molecule has 0 aliphatic heterocycles. The van der Waals surface area contributed by atoms with E-state index in [1.807, 2.05) is 0 Å². The Morgan fingerprint density at radius 1 is 1.55 bits per heavy atom. The van der Waals surface area contributed by atoms with E-state index in [4.69, 9.17) is 4.74 Å². The van der Waals surface area contributed by atoms with E-state index in [2.05, 4.69) is 12.6 Å². The van der Waals surface area contributed by atoms with Gasteiger partial charge in [0.05, 0.1) is 7.11 Å². The van der Waals surface area contributed by atoms with E-state index >= 15 is 0 Å². The maximum atomic E-state index is 12.9. The molecule has 0 spiro atoms. The van der Waals surface area contributed by atoms with Gasteiger partial charge in [-0.1, -0.05) is 6.07 Å². The molecule has 0 saturated carbocycles. The maximum absolute atomic E-state index is 12.9. The highest BCUT2D eigenvalue weighted by Crippen LogP contribution is 2.18. The van der Waals surface area contributed by atoms with Crippen LogP contribution in [0.5, 0.6) is 5.75 Å². The highest BCUT2D eigenvalue weighted by atomic mass is 32.1. The monoisotopic (exact) mass is 172 g/mol. The molecule has 0 aliphatic rings. The summed E-state index contributed by atoms with van der Waals surface area (Å²) in [5.74, 6) is 0.482. The highest BCUT2D eigenvalue weighted by Gasteiger charge is 2.01. The molecule has 11 heavy (non-hydrogen) atoms. The lowest BCUT2D eigenvalue weighted by Crippen LogP contribution is -1.88. The first-order valence-electron chi connectivity index (χ1n) is 3.21. The number of thiol groups is 1. The summed E-state index contributed by atoms with van der Waals surface area (Å²) in [5, 5.41) is 0. The van der Waals surface area contributed by atoms with Gasteiger partial charge in [-0.15, -0.1) is 0 Å². The second kappa shape index (κ2) is 3.62. The summed E-state index contributed by atoms with van der Waals surface area (Å²) in [4.78, 5) is 0. The zero-order valence-corrected chi connectivity index (χ0v) is 7.07. The molecule has 60 valence electrons. The normalized spacial score (nSPS) is 9.73. The van der Waals surface area contributed by atoms with Crippen LogP contribution < -0.4 is 4.74 Å². The molecule has 1 rings (SSSR count).